The summed E-state index contributed by atoms with van der Waals surface area (Å²) in [6.45, 7) is -0.675. The van der Waals surface area contributed by atoms with E-state index in [0.717, 1.165) is 0 Å². The van der Waals surface area contributed by atoms with Gasteiger partial charge in [0.05, 0.1) is 0 Å². The molecule has 0 spiro atoms. The fraction of sp³-hybridized carbons (Fsp3) is 0.769. The lowest BCUT2D eigenvalue weighted by molar-refractivity contribution is -0.546. The van der Waals surface area contributed by atoms with E-state index in [1.165, 1.54) is 0 Å². The Morgan fingerprint density at radius 1 is 0.893 bits per heavy atom. The summed E-state index contributed by atoms with van der Waals surface area (Å²) in [5, 5.41) is 18.4. The molecule has 2 aliphatic carbocycles. The van der Waals surface area contributed by atoms with E-state index < -0.39 is 65.5 Å². The molecule has 0 aromatic carbocycles. The van der Waals surface area contributed by atoms with E-state index in [1.54, 1.807) is 0 Å². The van der Waals surface area contributed by atoms with Gasteiger partial charge >= 0.3 is 35.5 Å². The van der Waals surface area contributed by atoms with Crippen molar-refractivity contribution in [3.8, 4) is 0 Å². The van der Waals surface area contributed by atoms with Crippen molar-refractivity contribution in [2.75, 3.05) is 6.67 Å². The predicted molar refractivity (Wildman–Crippen MR) is 64.2 cm³/mol. The SMILES string of the molecule is C=CC(=O)OC12CC(F)(CF)C(F)(F)C(O)(C(F)(F)C(O)(F)C1(F)F)C2(F)F. The molecule has 2 aliphatic rings. The first kappa shape index (κ1) is 22.6. The number of carbonyl (C=O) groups is 1. The number of carbonyl (C=O) groups excluding carboxylic acids is 1. The minimum atomic E-state index is -7.20. The van der Waals surface area contributed by atoms with Crippen molar-refractivity contribution in [3.63, 3.8) is 0 Å². The summed E-state index contributed by atoms with van der Waals surface area (Å²) in [6, 6.07) is 0. The maximum absolute atomic E-state index is 14.6. The molecule has 4 atom stereocenters. The minimum Gasteiger partial charge on any atom is -0.442 e. The monoisotopic (exact) mass is 438 g/mol. The van der Waals surface area contributed by atoms with Crippen LogP contribution in [0.25, 0.3) is 0 Å². The van der Waals surface area contributed by atoms with Crippen LogP contribution in [0.1, 0.15) is 6.42 Å². The molecule has 0 saturated heterocycles. The summed E-state index contributed by atoms with van der Waals surface area (Å²) in [6.07, 6.45) is -3.51. The van der Waals surface area contributed by atoms with Crippen molar-refractivity contribution in [1.29, 1.82) is 0 Å². The Morgan fingerprint density at radius 2 is 1.36 bits per heavy atom. The third-order valence-electron chi connectivity index (χ3n) is 4.95. The predicted octanol–water partition coefficient (Wildman–Crippen LogP) is 2.48. The Balaban J connectivity index is 3.09. The molecule has 0 aromatic heterocycles. The Morgan fingerprint density at radius 3 is 1.75 bits per heavy atom. The van der Waals surface area contributed by atoms with E-state index in [9.17, 15) is 58.2 Å². The Bertz CT molecular complexity index is 723. The number of esters is 1. The first-order chi connectivity index (χ1) is 12.2. The van der Waals surface area contributed by atoms with Crippen molar-refractivity contribution in [2.24, 2.45) is 0 Å². The van der Waals surface area contributed by atoms with Crippen LogP contribution in [-0.4, -0.2) is 69.3 Å². The van der Waals surface area contributed by atoms with E-state index in [1.807, 2.05) is 0 Å². The first-order valence-electron chi connectivity index (χ1n) is 6.97. The van der Waals surface area contributed by atoms with E-state index in [0.29, 0.717) is 0 Å². The number of halogens is 11. The highest BCUT2D eigenvalue weighted by atomic mass is 19.3. The van der Waals surface area contributed by atoms with Gasteiger partial charge in [-0.15, -0.1) is 0 Å². The molecule has 0 heterocycles. The zero-order chi connectivity index (χ0) is 22.4. The fourth-order valence-electron chi connectivity index (χ4n) is 3.35. The first-order valence-corrected chi connectivity index (χ1v) is 6.97. The zero-order valence-electron chi connectivity index (χ0n) is 13.1. The van der Waals surface area contributed by atoms with Gasteiger partial charge in [0, 0.05) is 12.5 Å². The minimum absolute atomic E-state index is 0.202. The van der Waals surface area contributed by atoms with Gasteiger partial charge in [0.1, 0.15) is 6.67 Å². The van der Waals surface area contributed by atoms with Crippen LogP contribution in [0.2, 0.25) is 0 Å². The summed E-state index contributed by atoms with van der Waals surface area (Å²) in [4.78, 5) is 11.2. The fourth-order valence-corrected chi connectivity index (χ4v) is 3.35. The third kappa shape index (κ3) is 1.78. The third-order valence-corrected chi connectivity index (χ3v) is 4.95. The van der Waals surface area contributed by atoms with Crippen molar-refractivity contribution < 1.29 is 68.0 Å². The van der Waals surface area contributed by atoms with Crippen molar-refractivity contribution in [2.45, 2.75) is 52.8 Å². The molecule has 2 saturated carbocycles. The van der Waals surface area contributed by atoms with Crippen molar-refractivity contribution in [1.82, 2.24) is 0 Å². The van der Waals surface area contributed by atoms with E-state index in [4.69, 9.17) is 5.11 Å². The van der Waals surface area contributed by atoms with Gasteiger partial charge in [-0.3, -0.25) is 0 Å². The summed E-state index contributed by atoms with van der Waals surface area (Å²) < 4.78 is 159. The van der Waals surface area contributed by atoms with E-state index >= 15 is 0 Å². The van der Waals surface area contributed by atoms with Crippen LogP contribution < -0.4 is 0 Å². The highest BCUT2D eigenvalue weighted by Crippen LogP contribution is 2.75. The van der Waals surface area contributed by atoms with Gasteiger partial charge in [-0.2, -0.15) is 39.5 Å². The lowest BCUT2D eigenvalue weighted by Crippen LogP contribution is -2.97. The Hall–Kier alpha value is -1.64. The number of rotatable bonds is 3. The van der Waals surface area contributed by atoms with Gasteiger partial charge in [-0.05, 0) is 0 Å². The lowest BCUT2D eigenvalue weighted by atomic mass is 9.52. The molecule has 4 unspecified atom stereocenters. The number of alkyl halides is 11. The van der Waals surface area contributed by atoms with Crippen LogP contribution in [0.15, 0.2) is 12.7 Å². The topological polar surface area (TPSA) is 66.8 Å². The second kappa shape index (κ2) is 5.29. The molecule has 2 N–H and O–H groups in total. The molecular formula is C13H9F11O4. The Kier molecular flexibility index (Phi) is 4.27. The number of fused-ring (bicyclic) bond motifs is 2. The Labute approximate surface area is 147 Å². The number of hydrogen-bond acceptors (Lipinski definition) is 4. The summed E-state index contributed by atoms with van der Waals surface area (Å²) >= 11 is 0. The molecule has 4 nitrogen and oxygen atoms in total. The molecule has 2 fully saturated rings. The number of ether oxygens (including phenoxy) is 1. The van der Waals surface area contributed by atoms with Gasteiger partial charge < -0.3 is 14.9 Å². The van der Waals surface area contributed by atoms with Crippen LogP contribution in [-0.2, 0) is 9.53 Å². The molecule has 2 rings (SSSR count). The average Bonchev–Trinajstić information content (AvgIpc) is 2.56. The van der Waals surface area contributed by atoms with Crippen LogP contribution in [0.3, 0.4) is 0 Å². The van der Waals surface area contributed by atoms with Crippen LogP contribution in [0.4, 0.5) is 48.3 Å². The molecule has 162 valence electrons. The normalized spacial score (nSPS) is 45.2. The van der Waals surface area contributed by atoms with Gasteiger partial charge in [0.2, 0.25) is 5.67 Å². The maximum Gasteiger partial charge on any atom is 0.356 e. The summed E-state index contributed by atoms with van der Waals surface area (Å²) in [5.41, 5.74) is -17.9. The number of aliphatic hydroxyl groups is 2. The summed E-state index contributed by atoms with van der Waals surface area (Å²) in [7, 11) is 0. The molecule has 0 aromatic rings. The molecule has 0 aliphatic heterocycles. The van der Waals surface area contributed by atoms with Crippen molar-refractivity contribution in [3.05, 3.63) is 12.7 Å². The maximum atomic E-state index is 14.6. The van der Waals surface area contributed by atoms with Crippen LogP contribution in [0, 0.1) is 0 Å². The standard InChI is InChI=1S/C13H9F11O4/c1-2-5(25)28-7-3-6(15,4-14)9(16,17)8(26,10(7,18)19)12(22,23)13(24,27)11(7,20)21/h2,26-27H,1,3-4H2. The van der Waals surface area contributed by atoms with Crippen LogP contribution in [0.5, 0.6) is 0 Å². The van der Waals surface area contributed by atoms with E-state index in [2.05, 4.69) is 11.3 Å². The van der Waals surface area contributed by atoms with Crippen LogP contribution >= 0.6 is 0 Å². The molecule has 2 bridgehead atoms. The second-order valence-corrected chi connectivity index (χ2v) is 6.36. The molecule has 28 heavy (non-hydrogen) atoms. The van der Waals surface area contributed by atoms with Gasteiger partial charge in [0.25, 0.3) is 11.2 Å². The van der Waals surface area contributed by atoms with Gasteiger partial charge in [-0.25, -0.2) is 13.6 Å². The smallest absolute Gasteiger partial charge is 0.356 e. The zero-order valence-corrected chi connectivity index (χ0v) is 13.1. The summed E-state index contributed by atoms with van der Waals surface area (Å²) in [5.74, 6) is -36.5. The molecule has 0 radical (unpaired) electrons. The van der Waals surface area contributed by atoms with Crippen molar-refractivity contribution >= 4 is 5.97 Å². The second-order valence-electron chi connectivity index (χ2n) is 6.36. The highest BCUT2D eigenvalue weighted by molar-refractivity contribution is 5.82. The van der Waals surface area contributed by atoms with E-state index in [-0.39, 0.29) is 6.08 Å². The largest absolute Gasteiger partial charge is 0.442 e. The highest BCUT2D eigenvalue weighted by Gasteiger charge is 3.07. The molecular weight excluding hydrogens is 429 g/mol. The average molecular weight is 438 g/mol. The molecule has 0 amide bonds. The molecule has 15 heteroatoms. The number of hydrogen-bond donors (Lipinski definition) is 2. The van der Waals surface area contributed by atoms with Gasteiger partial charge in [0.15, 0.2) is 0 Å². The lowest BCUT2D eigenvalue weighted by Gasteiger charge is -2.65. The van der Waals surface area contributed by atoms with Gasteiger partial charge in [-0.1, -0.05) is 6.58 Å². The quantitative estimate of drug-likeness (QED) is 0.404.